The molecule has 0 spiro atoms. The number of nitriles is 1. The molecule has 0 unspecified atom stereocenters. The quantitative estimate of drug-likeness (QED) is 0.721. The van der Waals surface area contributed by atoms with Crippen molar-refractivity contribution in [2.24, 2.45) is 0 Å². The minimum Gasteiger partial charge on any atom is -0.378 e. The van der Waals surface area contributed by atoms with Gasteiger partial charge >= 0.3 is 0 Å². The van der Waals surface area contributed by atoms with Crippen molar-refractivity contribution in [3.8, 4) is 6.07 Å². The molecule has 0 saturated heterocycles. The van der Waals surface area contributed by atoms with E-state index in [-0.39, 0.29) is 5.91 Å². The third-order valence-electron chi connectivity index (χ3n) is 3.92. The Morgan fingerprint density at radius 2 is 1.74 bits per heavy atom. The van der Waals surface area contributed by atoms with Gasteiger partial charge in [-0.2, -0.15) is 5.26 Å². The molecule has 0 aliphatic carbocycles. The van der Waals surface area contributed by atoms with Crippen molar-refractivity contribution in [1.82, 2.24) is 4.98 Å². The molecular formula is C21H19N5O. The normalized spacial score (nSPS) is 9.96. The van der Waals surface area contributed by atoms with Gasteiger partial charge < -0.3 is 15.5 Å². The molecule has 0 atom stereocenters. The number of anilines is 4. The molecule has 0 aliphatic rings. The first-order valence-corrected chi connectivity index (χ1v) is 8.37. The smallest absolute Gasteiger partial charge is 0.274 e. The molecular weight excluding hydrogens is 338 g/mol. The molecule has 2 N–H and O–H groups in total. The summed E-state index contributed by atoms with van der Waals surface area (Å²) in [5, 5.41) is 14.9. The summed E-state index contributed by atoms with van der Waals surface area (Å²) in [5.74, 6) is -0.273. The fourth-order valence-electron chi connectivity index (χ4n) is 2.47. The van der Waals surface area contributed by atoms with Crippen LogP contribution in [0.2, 0.25) is 0 Å². The first-order valence-electron chi connectivity index (χ1n) is 8.37. The lowest BCUT2D eigenvalue weighted by Crippen LogP contribution is -2.14. The Labute approximate surface area is 158 Å². The minimum absolute atomic E-state index is 0.273. The molecule has 1 heterocycles. The Kier molecular flexibility index (Phi) is 5.33. The Morgan fingerprint density at radius 1 is 1.00 bits per heavy atom. The molecule has 6 nitrogen and oxygen atoms in total. The second-order valence-corrected chi connectivity index (χ2v) is 6.15. The van der Waals surface area contributed by atoms with Crippen LogP contribution >= 0.6 is 0 Å². The average molecular weight is 357 g/mol. The predicted octanol–water partition coefficient (Wildman–Crippen LogP) is 4.02. The van der Waals surface area contributed by atoms with Crippen LogP contribution in [0.1, 0.15) is 16.1 Å². The van der Waals surface area contributed by atoms with E-state index in [4.69, 9.17) is 5.26 Å². The molecule has 0 radical (unpaired) electrons. The van der Waals surface area contributed by atoms with Crippen LogP contribution in [0.25, 0.3) is 0 Å². The Morgan fingerprint density at radius 3 is 2.37 bits per heavy atom. The standard InChI is InChI=1S/C21H19N5O/c1-26(2)19-9-6-16(7-10-19)25-21(27)20-11-8-18(14-23-20)24-17-5-3-4-15(12-17)13-22/h3-12,14,24H,1-2H3,(H,25,27). The van der Waals surface area contributed by atoms with Crippen LogP contribution in [0.4, 0.5) is 22.7 Å². The van der Waals surface area contributed by atoms with E-state index in [0.29, 0.717) is 16.9 Å². The number of amides is 1. The van der Waals surface area contributed by atoms with E-state index in [0.717, 1.165) is 17.1 Å². The Hall–Kier alpha value is -3.85. The summed E-state index contributed by atoms with van der Waals surface area (Å²) in [6.45, 7) is 0. The van der Waals surface area contributed by atoms with Gasteiger partial charge in [-0.15, -0.1) is 0 Å². The summed E-state index contributed by atoms with van der Waals surface area (Å²) in [5.41, 5.74) is 4.18. The van der Waals surface area contributed by atoms with Gasteiger partial charge in [-0.1, -0.05) is 6.07 Å². The predicted molar refractivity (Wildman–Crippen MR) is 107 cm³/mol. The number of hydrogen-bond acceptors (Lipinski definition) is 5. The van der Waals surface area contributed by atoms with E-state index in [2.05, 4.69) is 21.7 Å². The van der Waals surface area contributed by atoms with Crippen molar-refractivity contribution in [1.29, 1.82) is 5.26 Å². The molecule has 3 rings (SSSR count). The van der Waals surface area contributed by atoms with Gasteiger partial charge in [-0.25, -0.2) is 4.98 Å². The topological polar surface area (TPSA) is 81.0 Å². The van der Waals surface area contributed by atoms with E-state index < -0.39 is 0 Å². The Bertz CT molecular complexity index is 973. The van der Waals surface area contributed by atoms with Crippen molar-refractivity contribution < 1.29 is 4.79 Å². The molecule has 1 amide bonds. The second-order valence-electron chi connectivity index (χ2n) is 6.15. The van der Waals surface area contributed by atoms with Crippen LogP contribution in [0.3, 0.4) is 0 Å². The minimum atomic E-state index is -0.273. The van der Waals surface area contributed by atoms with Crippen LogP contribution in [-0.2, 0) is 0 Å². The van der Waals surface area contributed by atoms with Gasteiger partial charge in [-0.05, 0) is 54.6 Å². The van der Waals surface area contributed by atoms with E-state index in [1.165, 1.54) is 0 Å². The summed E-state index contributed by atoms with van der Waals surface area (Å²) in [4.78, 5) is 18.5. The summed E-state index contributed by atoms with van der Waals surface area (Å²) in [6, 6.07) is 20.3. The van der Waals surface area contributed by atoms with Gasteiger partial charge in [0.2, 0.25) is 0 Å². The first-order chi connectivity index (χ1) is 13.0. The van der Waals surface area contributed by atoms with Crippen LogP contribution in [0.15, 0.2) is 66.9 Å². The van der Waals surface area contributed by atoms with Gasteiger partial charge in [0, 0.05) is 31.2 Å². The molecule has 0 aliphatic heterocycles. The summed E-state index contributed by atoms with van der Waals surface area (Å²) in [7, 11) is 3.92. The van der Waals surface area contributed by atoms with E-state index in [1.807, 2.05) is 49.3 Å². The van der Waals surface area contributed by atoms with E-state index in [1.54, 1.807) is 36.5 Å². The fourth-order valence-corrected chi connectivity index (χ4v) is 2.47. The zero-order valence-electron chi connectivity index (χ0n) is 15.1. The monoisotopic (exact) mass is 357 g/mol. The maximum atomic E-state index is 12.3. The van der Waals surface area contributed by atoms with Crippen molar-refractivity contribution in [2.75, 3.05) is 29.6 Å². The summed E-state index contributed by atoms with van der Waals surface area (Å²) in [6.07, 6.45) is 1.59. The molecule has 134 valence electrons. The highest BCUT2D eigenvalue weighted by atomic mass is 16.1. The van der Waals surface area contributed by atoms with Crippen molar-refractivity contribution >= 4 is 28.7 Å². The highest BCUT2D eigenvalue weighted by molar-refractivity contribution is 6.03. The Balaban J connectivity index is 1.65. The van der Waals surface area contributed by atoms with Crippen molar-refractivity contribution in [2.45, 2.75) is 0 Å². The van der Waals surface area contributed by atoms with Gasteiger partial charge in [0.15, 0.2) is 0 Å². The third-order valence-corrected chi connectivity index (χ3v) is 3.92. The fraction of sp³-hybridized carbons (Fsp3) is 0.0952. The molecule has 1 aromatic heterocycles. The summed E-state index contributed by atoms with van der Waals surface area (Å²) < 4.78 is 0. The van der Waals surface area contributed by atoms with E-state index >= 15 is 0 Å². The molecule has 0 bridgehead atoms. The molecule has 3 aromatic rings. The largest absolute Gasteiger partial charge is 0.378 e. The van der Waals surface area contributed by atoms with Crippen molar-refractivity contribution in [3.63, 3.8) is 0 Å². The number of rotatable bonds is 5. The molecule has 2 aromatic carbocycles. The molecule has 6 heteroatoms. The van der Waals surface area contributed by atoms with E-state index in [9.17, 15) is 4.79 Å². The molecule has 0 fully saturated rings. The SMILES string of the molecule is CN(C)c1ccc(NC(=O)c2ccc(Nc3cccc(C#N)c3)cn2)cc1. The number of carbonyl (C=O) groups excluding carboxylic acids is 1. The van der Waals surface area contributed by atoms with Gasteiger partial charge in [0.05, 0.1) is 23.5 Å². The second kappa shape index (κ2) is 8.02. The number of hydrogen-bond donors (Lipinski definition) is 2. The lowest BCUT2D eigenvalue weighted by molar-refractivity contribution is 0.102. The number of benzene rings is 2. The number of aromatic nitrogens is 1. The first kappa shape index (κ1) is 18.0. The maximum absolute atomic E-state index is 12.3. The highest BCUT2D eigenvalue weighted by Gasteiger charge is 2.08. The summed E-state index contributed by atoms with van der Waals surface area (Å²) >= 11 is 0. The van der Waals surface area contributed by atoms with Gasteiger partial charge in [0.25, 0.3) is 5.91 Å². The van der Waals surface area contributed by atoms with Crippen LogP contribution < -0.4 is 15.5 Å². The number of carbonyl (C=O) groups is 1. The van der Waals surface area contributed by atoms with Gasteiger partial charge in [-0.3, -0.25) is 4.79 Å². The van der Waals surface area contributed by atoms with Gasteiger partial charge in [0.1, 0.15) is 5.69 Å². The highest BCUT2D eigenvalue weighted by Crippen LogP contribution is 2.18. The van der Waals surface area contributed by atoms with Crippen LogP contribution in [0, 0.1) is 11.3 Å². The number of nitrogens with zero attached hydrogens (tertiary/aromatic N) is 3. The molecule has 0 saturated carbocycles. The van der Waals surface area contributed by atoms with Crippen LogP contribution in [0.5, 0.6) is 0 Å². The lowest BCUT2D eigenvalue weighted by Gasteiger charge is -2.13. The average Bonchev–Trinajstić information content (AvgIpc) is 2.69. The lowest BCUT2D eigenvalue weighted by atomic mass is 10.2. The van der Waals surface area contributed by atoms with Crippen LogP contribution in [-0.4, -0.2) is 25.0 Å². The zero-order chi connectivity index (χ0) is 19.2. The number of nitrogens with one attached hydrogen (secondary N) is 2. The maximum Gasteiger partial charge on any atom is 0.274 e. The van der Waals surface area contributed by atoms with Crippen molar-refractivity contribution in [3.05, 3.63) is 78.1 Å². The molecule has 27 heavy (non-hydrogen) atoms. The third kappa shape index (κ3) is 4.61. The zero-order valence-corrected chi connectivity index (χ0v) is 15.1. The number of pyridine rings is 1.